The van der Waals surface area contributed by atoms with Crippen molar-refractivity contribution < 1.29 is 10.4 Å². The van der Waals surface area contributed by atoms with Crippen molar-refractivity contribution in [3.05, 3.63) is 59.7 Å². The van der Waals surface area contributed by atoms with Crippen molar-refractivity contribution in [3.63, 3.8) is 0 Å². The zero-order valence-corrected chi connectivity index (χ0v) is 14.2. The molecule has 0 heterocycles. The standard InChI is InChI=1S/C16H20N6O2.ClH/c17-15(21-23)19-13-7-3-11(4-8-13)1-2-12-5-9-14(10-6-12)20-16(18)22-24;/h3-10,23-24H,1-2H2,(H3,17,19,21)(H3,18,20,22);1H. The summed E-state index contributed by atoms with van der Waals surface area (Å²) in [6, 6.07) is 15.2. The van der Waals surface area contributed by atoms with Gasteiger partial charge in [-0.25, -0.2) is 20.9 Å². The number of hydrogen-bond donors (Lipinski definition) is 6. The summed E-state index contributed by atoms with van der Waals surface area (Å²) in [5.74, 6) is -0.106. The van der Waals surface area contributed by atoms with Gasteiger partial charge in [0.1, 0.15) is 0 Å². The Bertz CT molecular complexity index is 653. The highest BCUT2D eigenvalue weighted by Gasteiger charge is 1.99. The molecular weight excluding hydrogens is 344 g/mol. The number of rotatable bonds is 5. The number of hydroxylamine groups is 2. The van der Waals surface area contributed by atoms with E-state index in [-0.39, 0.29) is 24.3 Å². The zero-order chi connectivity index (χ0) is 17.4. The number of aryl methyl sites for hydroxylation is 2. The van der Waals surface area contributed by atoms with E-state index in [0.29, 0.717) is 11.4 Å². The normalized spacial score (nSPS) is 11.6. The molecule has 134 valence electrons. The van der Waals surface area contributed by atoms with E-state index in [1.807, 2.05) is 48.5 Å². The van der Waals surface area contributed by atoms with E-state index in [1.165, 1.54) is 11.1 Å². The highest BCUT2D eigenvalue weighted by molar-refractivity contribution is 5.85. The minimum absolute atomic E-state index is 0. The molecule has 2 rings (SSSR count). The van der Waals surface area contributed by atoms with Gasteiger partial charge in [-0.1, -0.05) is 24.3 Å². The van der Waals surface area contributed by atoms with Gasteiger partial charge in [0.25, 0.3) is 0 Å². The van der Waals surface area contributed by atoms with Crippen LogP contribution in [-0.2, 0) is 12.8 Å². The Labute approximate surface area is 151 Å². The van der Waals surface area contributed by atoms with Crippen LogP contribution in [0.1, 0.15) is 11.1 Å². The van der Waals surface area contributed by atoms with Gasteiger partial charge in [-0.3, -0.25) is 10.4 Å². The summed E-state index contributed by atoms with van der Waals surface area (Å²) >= 11 is 0. The number of hydrogen-bond acceptors (Lipinski definition) is 4. The van der Waals surface area contributed by atoms with Crippen LogP contribution in [0.3, 0.4) is 0 Å². The van der Waals surface area contributed by atoms with Crippen molar-refractivity contribution in [1.82, 2.24) is 11.0 Å². The summed E-state index contributed by atoms with van der Waals surface area (Å²) in [6.07, 6.45) is 1.75. The Kier molecular flexibility index (Phi) is 8.21. The molecule has 0 radical (unpaired) electrons. The summed E-state index contributed by atoms with van der Waals surface area (Å²) in [6.45, 7) is 0. The summed E-state index contributed by atoms with van der Waals surface area (Å²) < 4.78 is 0. The molecule has 8 N–H and O–H groups in total. The summed E-state index contributed by atoms with van der Waals surface area (Å²) in [7, 11) is 0. The Balaban J connectivity index is 0.00000312. The molecule has 0 aliphatic rings. The molecule has 2 aromatic rings. The van der Waals surface area contributed by atoms with E-state index < -0.39 is 0 Å². The number of benzene rings is 2. The predicted octanol–water partition coefficient (Wildman–Crippen LogP) is 1.74. The average Bonchev–Trinajstić information content (AvgIpc) is 2.62. The number of guanidine groups is 2. The maximum Gasteiger partial charge on any atom is 0.218 e. The molecule has 0 atom stereocenters. The molecule has 0 aromatic heterocycles. The SMILES string of the molecule is Cl.NC(=Nc1ccc(CCc2ccc(N=C(N)NO)cc2)cc1)NO. The van der Waals surface area contributed by atoms with E-state index >= 15 is 0 Å². The molecule has 0 saturated heterocycles. The van der Waals surface area contributed by atoms with Crippen LogP contribution in [0.5, 0.6) is 0 Å². The van der Waals surface area contributed by atoms with Crippen molar-refractivity contribution in [1.29, 1.82) is 0 Å². The van der Waals surface area contributed by atoms with Gasteiger partial charge in [-0.2, -0.15) is 0 Å². The largest absolute Gasteiger partial charge is 0.368 e. The topological polar surface area (TPSA) is 141 Å². The van der Waals surface area contributed by atoms with Crippen LogP contribution in [-0.4, -0.2) is 22.3 Å². The molecule has 8 nitrogen and oxygen atoms in total. The fraction of sp³-hybridized carbons (Fsp3) is 0.125. The lowest BCUT2D eigenvalue weighted by molar-refractivity contribution is 0.233. The highest BCUT2D eigenvalue weighted by Crippen LogP contribution is 2.17. The molecule has 25 heavy (non-hydrogen) atoms. The molecule has 9 heteroatoms. The van der Waals surface area contributed by atoms with Gasteiger partial charge < -0.3 is 11.5 Å². The summed E-state index contributed by atoms with van der Waals surface area (Å²) in [4.78, 5) is 7.93. The lowest BCUT2D eigenvalue weighted by atomic mass is 10.0. The van der Waals surface area contributed by atoms with Crippen molar-refractivity contribution in [3.8, 4) is 0 Å². The Hall–Kier alpha value is -2.81. The van der Waals surface area contributed by atoms with Crippen LogP contribution in [0.15, 0.2) is 58.5 Å². The van der Waals surface area contributed by atoms with Crippen molar-refractivity contribution in [2.45, 2.75) is 12.8 Å². The fourth-order valence-electron chi connectivity index (χ4n) is 2.09. The maximum absolute atomic E-state index is 8.61. The van der Waals surface area contributed by atoms with Gasteiger partial charge in [0, 0.05) is 0 Å². The number of nitrogens with zero attached hydrogens (tertiary/aromatic N) is 2. The second-order valence-electron chi connectivity index (χ2n) is 5.05. The first-order valence-corrected chi connectivity index (χ1v) is 7.27. The van der Waals surface area contributed by atoms with Crippen LogP contribution < -0.4 is 22.4 Å². The fourth-order valence-corrected chi connectivity index (χ4v) is 2.09. The molecule has 0 fully saturated rings. The second kappa shape index (κ2) is 10.1. The third-order valence-corrected chi connectivity index (χ3v) is 3.30. The highest BCUT2D eigenvalue weighted by atomic mass is 35.5. The van der Waals surface area contributed by atoms with Crippen LogP contribution in [0, 0.1) is 0 Å². The monoisotopic (exact) mass is 364 g/mol. The average molecular weight is 365 g/mol. The molecule has 0 saturated carbocycles. The Morgan fingerprint density at radius 3 is 1.32 bits per heavy atom. The number of halogens is 1. The van der Waals surface area contributed by atoms with Crippen LogP contribution in [0.25, 0.3) is 0 Å². The number of nitrogens with one attached hydrogen (secondary N) is 2. The smallest absolute Gasteiger partial charge is 0.218 e. The van der Waals surface area contributed by atoms with E-state index in [4.69, 9.17) is 21.9 Å². The third kappa shape index (κ3) is 6.68. The second-order valence-corrected chi connectivity index (χ2v) is 5.05. The van der Waals surface area contributed by atoms with Gasteiger partial charge in [0.15, 0.2) is 0 Å². The van der Waals surface area contributed by atoms with Crippen molar-refractivity contribution >= 4 is 35.7 Å². The van der Waals surface area contributed by atoms with E-state index in [9.17, 15) is 0 Å². The molecule has 0 aliphatic heterocycles. The molecule has 0 amide bonds. The number of nitrogens with two attached hydrogens (primary N) is 2. The van der Waals surface area contributed by atoms with Crippen molar-refractivity contribution in [2.24, 2.45) is 21.5 Å². The lowest BCUT2D eigenvalue weighted by Gasteiger charge is -2.04. The van der Waals surface area contributed by atoms with Crippen LogP contribution >= 0.6 is 12.4 Å². The summed E-state index contributed by atoms with van der Waals surface area (Å²) in [5.41, 5.74) is 18.0. The van der Waals surface area contributed by atoms with Gasteiger partial charge in [-0.15, -0.1) is 12.4 Å². The molecular formula is C16H21ClN6O2. The van der Waals surface area contributed by atoms with Gasteiger partial charge in [0.2, 0.25) is 11.9 Å². The minimum Gasteiger partial charge on any atom is -0.368 e. The first kappa shape index (κ1) is 20.2. The van der Waals surface area contributed by atoms with Gasteiger partial charge >= 0.3 is 0 Å². The quantitative estimate of drug-likeness (QED) is 0.271. The molecule has 0 aliphatic carbocycles. The number of aliphatic imine (C=N–C) groups is 2. The van der Waals surface area contributed by atoms with Gasteiger partial charge in [-0.05, 0) is 48.2 Å². The molecule has 0 spiro atoms. The molecule has 0 bridgehead atoms. The minimum atomic E-state index is -0.0532. The van der Waals surface area contributed by atoms with Gasteiger partial charge in [0.05, 0.1) is 11.4 Å². The lowest BCUT2D eigenvalue weighted by Crippen LogP contribution is -2.27. The zero-order valence-electron chi connectivity index (χ0n) is 13.4. The summed E-state index contributed by atoms with van der Waals surface area (Å²) in [5, 5.41) is 17.2. The third-order valence-electron chi connectivity index (χ3n) is 3.30. The van der Waals surface area contributed by atoms with Crippen molar-refractivity contribution in [2.75, 3.05) is 0 Å². The molecule has 0 unspecified atom stereocenters. The Morgan fingerprint density at radius 2 is 1.04 bits per heavy atom. The predicted molar refractivity (Wildman–Crippen MR) is 99.9 cm³/mol. The van der Waals surface area contributed by atoms with Crippen LogP contribution in [0.2, 0.25) is 0 Å². The first-order chi connectivity index (χ1) is 11.6. The Morgan fingerprint density at radius 1 is 0.720 bits per heavy atom. The van der Waals surface area contributed by atoms with Crippen LogP contribution in [0.4, 0.5) is 11.4 Å². The van der Waals surface area contributed by atoms with E-state index in [2.05, 4.69) is 9.98 Å². The first-order valence-electron chi connectivity index (χ1n) is 7.27. The maximum atomic E-state index is 8.61. The molecule has 2 aromatic carbocycles. The van der Waals surface area contributed by atoms with E-state index in [0.717, 1.165) is 12.8 Å². The van der Waals surface area contributed by atoms with E-state index in [1.54, 1.807) is 11.0 Å².